The molecule has 0 atom stereocenters. The van der Waals surface area contributed by atoms with Gasteiger partial charge in [-0.15, -0.1) is 4.40 Å². The van der Waals surface area contributed by atoms with Crippen molar-refractivity contribution in [1.82, 2.24) is 4.90 Å². The SMILES string of the molecule is CN1CCC/C1=N\S(=O)(=O)c1cccc(NC(=O)c2ccc(S(C)(=O)=O)cc2)c1. The number of amides is 1. The van der Waals surface area contributed by atoms with E-state index < -0.39 is 25.8 Å². The molecule has 1 N–H and O–H groups in total. The zero-order valence-corrected chi connectivity index (χ0v) is 17.6. The highest BCUT2D eigenvalue weighted by molar-refractivity contribution is 7.90. The molecule has 2 aromatic carbocycles. The number of benzene rings is 2. The average molecular weight is 436 g/mol. The summed E-state index contributed by atoms with van der Waals surface area (Å²) < 4.78 is 52.1. The molecule has 0 aliphatic carbocycles. The third-order valence-electron chi connectivity index (χ3n) is 4.49. The normalized spacial score (nSPS) is 16.2. The molecule has 2 aromatic rings. The quantitative estimate of drug-likeness (QED) is 0.770. The maximum atomic E-state index is 12.6. The number of carbonyl (C=O) groups is 1. The van der Waals surface area contributed by atoms with Crippen molar-refractivity contribution in [2.45, 2.75) is 22.6 Å². The Hall–Kier alpha value is -2.72. The molecule has 10 heteroatoms. The van der Waals surface area contributed by atoms with Crippen LogP contribution in [0.15, 0.2) is 62.7 Å². The van der Waals surface area contributed by atoms with Crippen molar-refractivity contribution in [2.75, 3.05) is 25.2 Å². The van der Waals surface area contributed by atoms with Gasteiger partial charge in [0.25, 0.3) is 15.9 Å². The highest BCUT2D eigenvalue weighted by Crippen LogP contribution is 2.21. The van der Waals surface area contributed by atoms with Crippen LogP contribution in [0.5, 0.6) is 0 Å². The van der Waals surface area contributed by atoms with E-state index in [4.69, 9.17) is 0 Å². The van der Waals surface area contributed by atoms with E-state index in [9.17, 15) is 21.6 Å². The van der Waals surface area contributed by atoms with Crippen LogP contribution >= 0.6 is 0 Å². The first kappa shape index (κ1) is 21.0. The highest BCUT2D eigenvalue weighted by atomic mass is 32.2. The molecular formula is C19H21N3O5S2. The minimum Gasteiger partial charge on any atom is -0.362 e. The van der Waals surface area contributed by atoms with Crippen molar-refractivity contribution in [3.05, 3.63) is 54.1 Å². The van der Waals surface area contributed by atoms with Gasteiger partial charge in [-0.25, -0.2) is 8.42 Å². The number of carbonyl (C=O) groups excluding carboxylic acids is 1. The Morgan fingerprint density at radius 1 is 1.03 bits per heavy atom. The Balaban J connectivity index is 1.80. The largest absolute Gasteiger partial charge is 0.362 e. The first-order valence-electron chi connectivity index (χ1n) is 8.83. The number of nitrogens with zero attached hydrogens (tertiary/aromatic N) is 2. The van der Waals surface area contributed by atoms with Crippen molar-refractivity contribution >= 4 is 37.3 Å². The molecule has 0 bridgehead atoms. The highest BCUT2D eigenvalue weighted by Gasteiger charge is 2.20. The third-order valence-corrected chi connectivity index (χ3v) is 6.92. The van der Waals surface area contributed by atoms with Gasteiger partial charge in [-0.05, 0) is 48.9 Å². The molecule has 8 nitrogen and oxygen atoms in total. The van der Waals surface area contributed by atoms with Gasteiger partial charge in [0.1, 0.15) is 5.84 Å². The molecule has 0 aromatic heterocycles. The summed E-state index contributed by atoms with van der Waals surface area (Å²) in [5.41, 5.74) is 0.543. The van der Waals surface area contributed by atoms with E-state index in [1.807, 2.05) is 4.90 Å². The first-order valence-corrected chi connectivity index (χ1v) is 12.2. The van der Waals surface area contributed by atoms with E-state index in [2.05, 4.69) is 9.71 Å². The van der Waals surface area contributed by atoms with Crippen LogP contribution in [-0.2, 0) is 19.9 Å². The number of hydrogen-bond donors (Lipinski definition) is 1. The van der Waals surface area contributed by atoms with E-state index in [1.165, 1.54) is 42.5 Å². The van der Waals surface area contributed by atoms with E-state index in [-0.39, 0.29) is 15.4 Å². The molecule has 0 saturated carbocycles. The number of nitrogens with one attached hydrogen (secondary N) is 1. The van der Waals surface area contributed by atoms with E-state index in [0.29, 0.717) is 17.9 Å². The summed E-state index contributed by atoms with van der Waals surface area (Å²) in [5.74, 6) is 0.0341. The van der Waals surface area contributed by atoms with Crippen molar-refractivity contribution in [3.8, 4) is 0 Å². The minimum atomic E-state index is -3.89. The summed E-state index contributed by atoms with van der Waals surface area (Å²) in [4.78, 5) is 14.3. The number of rotatable bonds is 5. The van der Waals surface area contributed by atoms with E-state index >= 15 is 0 Å². The van der Waals surface area contributed by atoms with Crippen LogP contribution in [0.3, 0.4) is 0 Å². The zero-order chi connectivity index (χ0) is 21.2. The fourth-order valence-electron chi connectivity index (χ4n) is 2.89. The molecule has 0 spiro atoms. The predicted octanol–water partition coefficient (Wildman–Crippen LogP) is 2.16. The lowest BCUT2D eigenvalue weighted by Crippen LogP contribution is -2.20. The van der Waals surface area contributed by atoms with E-state index in [0.717, 1.165) is 19.2 Å². The fourth-order valence-corrected chi connectivity index (χ4v) is 4.66. The van der Waals surface area contributed by atoms with Crippen molar-refractivity contribution in [3.63, 3.8) is 0 Å². The predicted molar refractivity (Wildman–Crippen MR) is 110 cm³/mol. The fraction of sp³-hybridized carbons (Fsp3) is 0.263. The Morgan fingerprint density at radius 2 is 1.72 bits per heavy atom. The molecule has 1 amide bonds. The van der Waals surface area contributed by atoms with Crippen LogP contribution in [0, 0.1) is 0 Å². The van der Waals surface area contributed by atoms with Crippen LogP contribution in [0.25, 0.3) is 0 Å². The number of likely N-dealkylation sites (tertiary alicyclic amines) is 1. The van der Waals surface area contributed by atoms with Crippen LogP contribution in [-0.4, -0.2) is 53.3 Å². The van der Waals surface area contributed by atoms with Gasteiger partial charge < -0.3 is 10.2 Å². The Bertz CT molecular complexity index is 1170. The number of hydrogen-bond acceptors (Lipinski definition) is 5. The number of sulfonamides is 1. The number of amidine groups is 1. The molecule has 29 heavy (non-hydrogen) atoms. The summed E-state index contributed by atoms with van der Waals surface area (Å²) in [6.45, 7) is 0.766. The summed E-state index contributed by atoms with van der Waals surface area (Å²) in [5, 5.41) is 2.62. The van der Waals surface area contributed by atoms with Crippen molar-refractivity contribution in [2.24, 2.45) is 4.40 Å². The second kappa shape index (κ2) is 7.96. The summed E-state index contributed by atoms with van der Waals surface area (Å²) in [7, 11) is -5.45. The Labute approximate surface area is 170 Å². The molecule has 154 valence electrons. The van der Waals surface area contributed by atoms with Crippen LogP contribution in [0.2, 0.25) is 0 Å². The smallest absolute Gasteiger partial charge is 0.284 e. The van der Waals surface area contributed by atoms with Gasteiger partial charge in [0, 0.05) is 37.5 Å². The first-order chi connectivity index (χ1) is 13.6. The topological polar surface area (TPSA) is 113 Å². The van der Waals surface area contributed by atoms with Gasteiger partial charge >= 0.3 is 0 Å². The number of anilines is 1. The summed E-state index contributed by atoms with van der Waals surface area (Å²) in [6.07, 6.45) is 2.55. The minimum absolute atomic E-state index is 0.0180. The Kier molecular flexibility index (Phi) is 5.76. The third kappa shape index (κ3) is 5.01. The maximum Gasteiger partial charge on any atom is 0.284 e. The second-order valence-electron chi connectivity index (χ2n) is 6.79. The molecule has 1 heterocycles. The molecule has 1 aliphatic rings. The van der Waals surface area contributed by atoms with Gasteiger partial charge in [0.15, 0.2) is 9.84 Å². The summed E-state index contributed by atoms with van der Waals surface area (Å²) in [6, 6.07) is 11.3. The van der Waals surface area contributed by atoms with Gasteiger partial charge in [-0.3, -0.25) is 4.79 Å². The lowest BCUT2D eigenvalue weighted by atomic mass is 10.2. The van der Waals surface area contributed by atoms with Crippen molar-refractivity contribution in [1.29, 1.82) is 0 Å². The van der Waals surface area contributed by atoms with Gasteiger partial charge in [-0.2, -0.15) is 8.42 Å². The molecule has 1 fully saturated rings. The zero-order valence-electron chi connectivity index (χ0n) is 16.0. The van der Waals surface area contributed by atoms with Gasteiger partial charge in [-0.1, -0.05) is 6.07 Å². The monoisotopic (exact) mass is 435 g/mol. The van der Waals surface area contributed by atoms with Crippen molar-refractivity contribution < 1.29 is 21.6 Å². The van der Waals surface area contributed by atoms with Gasteiger partial charge in [0.2, 0.25) is 0 Å². The molecule has 1 saturated heterocycles. The Morgan fingerprint density at radius 3 is 2.31 bits per heavy atom. The van der Waals surface area contributed by atoms with Crippen LogP contribution in [0.4, 0.5) is 5.69 Å². The summed E-state index contributed by atoms with van der Waals surface area (Å²) >= 11 is 0. The standard InChI is InChI=1S/C19H21N3O5S2/c1-22-12-4-7-18(22)21-29(26,27)17-6-3-5-15(13-17)20-19(23)14-8-10-16(11-9-14)28(2,24)25/h3,5-6,8-11,13H,4,7,12H2,1-2H3,(H,20,23)/b21-18+. The number of sulfone groups is 1. The molecule has 0 radical (unpaired) electrons. The molecule has 0 unspecified atom stereocenters. The van der Waals surface area contributed by atoms with E-state index in [1.54, 1.807) is 13.1 Å². The lowest BCUT2D eigenvalue weighted by molar-refractivity contribution is 0.102. The molecular weight excluding hydrogens is 414 g/mol. The lowest BCUT2D eigenvalue weighted by Gasteiger charge is -2.11. The molecule has 3 rings (SSSR count). The van der Waals surface area contributed by atoms with Crippen LogP contribution in [0.1, 0.15) is 23.2 Å². The maximum absolute atomic E-state index is 12.6. The van der Waals surface area contributed by atoms with Gasteiger partial charge in [0.05, 0.1) is 9.79 Å². The second-order valence-corrected chi connectivity index (χ2v) is 10.4. The van der Waals surface area contributed by atoms with Crippen LogP contribution < -0.4 is 5.32 Å². The average Bonchev–Trinajstić information content (AvgIpc) is 3.05. The molecule has 1 aliphatic heterocycles.